The van der Waals surface area contributed by atoms with Gasteiger partial charge in [-0.1, -0.05) is 176 Å². The first-order valence-corrected chi connectivity index (χ1v) is 21.4. The summed E-state index contributed by atoms with van der Waals surface area (Å²) in [5, 5.41) is 7.33. The van der Waals surface area contributed by atoms with Gasteiger partial charge >= 0.3 is 0 Å². The fourth-order valence-corrected chi connectivity index (χ4v) is 11.4. The van der Waals surface area contributed by atoms with Crippen LogP contribution in [0, 0.1) is 0 Å². The van der Waals surface area contributed by atoms with Crippen molar-refractivity contribution in [2.45, 2.75) is 0 Å². The molecule has 0 aliphatic carbocycles. The normalized spacial score (nSPS) is 11.9. The van der Waals surface area contributed by atoms with Crippen LogP contribution in [-0.2, 0) is 4.57 Å². The van der Waals surface area contributed by atoms with Crippen molar-refractivity contribution >= 4 is 66.7 Å². The molecule has 58 heavy (non-hydrogen) atoms. The van der Waals surface area contributed by atoms with E-state index in [0.717, 1.165) is 60.6 Å². The largest absolute Gasteiger partial charge is 0.309 e. The minimum absolute atomic E-state index is 0.809. The molecule has 0 spiro atoms. The number of nitrogens with zero attached hydrogens (tertiary/aromatic N) is 2. The maximum Gasteiger partial charge on any atom is 0.171 e. The molecule has 0 atom stereocenters. The third-order valence-corrected chi connectivity index (χ3v) is 14.7. The van der Waals surface area contributed by atoms with Crippen molar-refractivity contribution in [3.8, 4) is 33.6 Å². The van der Waals surface area contributed by atoms with E-state index in [1.807, 2.05) is 30.3 Å². The first-order valence-electron chi connectivity index (χ1n) is 19.7. The molecule has 0 unspecified atom stereocenters. The molecule has 11 aromatic rings. The lowest BCUT2D eigenvalue weighted by Gasteiger charge is -2.21. The van der Waals surface area contributed by atoms with E-state index in [1.54, 1.807) is 0 Å². The molecule has 274 valence electrons. The molecule has 0 aliphatic heterocycles. The predicted molar refractivity (Wildman–Crippen MR) is 245 cm³/mol. The van der Waals surface area contributed by atoms with Crippen LogP contribution in [0.5, 0.6) is 0 Å². The highest BCUT2D eigenvalue weighted by Crippen LogP contribution is 2.44. The number of aromatic nitrogens is 2. The fraction of sp³-hybridized carbons (Fsp3) is 0. The van der Waals surface area contributed by atoms with Crippen LogP contribution in [0.25, 0.3) is 77.2 Å². The molecule has 0 bridgehead atoms. The van der Waals surface area contributed by atoms with E-state index < -0.39 is 7.14 Å². The van der Waals surface area contributed by atoms with Crippen LogP contribution in [0.1, 0.15) is 0 Å². The van der Waals surface area contributed by atoms with Crippen LogP contribution in [0.15, 0.2) is 224 Å². The van der Waals surface area contributed by atoms with Gasteiger partial charge in [0.25, 0.3) is 0 Å². The summed E-state index contributed by atoms with van der Waals surface area (Å²) in [6.45, 7) is 0. The second kappa shape index (κ2) is 13.8. The van der Waals surface area contributed by atoms with E-state index >= 15 is 4.57 Å². The molecule has 0 radical (unpaired) electrons. The summed E-state index contributed by atoms with van der Waals surface area (Å²) in [7, 11) is -3.22. The molecule has 11 rings (SSSR count). The number of benzene rings is 9. The zero-order chi connectivity index (χ0) is 38.6. The van der Waals surface area contributed by atoms with Crippen LogP contribution in [0.4, 0.5) is 0 Å². The Kier molecular flexibility index (Phi) is 8.10. The van der Waals surface area contributed by atoms with Crippen molar-refractivity contribution in [1.82, 2.24) is 9.13 Å². The smallest absolute Gasteiger partial charge is 0.171 e. The van der Waals surface area contributed by atoms with Gasteiger partial charge in [-0.15, -0.1) is 0 Å². The maximum atomic E-state index is 15.7. The van der Waals surface area contributed by atoms with Crippen molar-refractivity contribution in [1.29, 1.82) is 0 Å². The Bertz CT molecular complexity index is 3120. The van der Waals surface area contributed by atoms with Crippen molar-refractivity contribution in [3.63, 3.8) is 0 Å². The first-order chi connectivity index (χ1) is 28.6. The summed E-state index contributed by atoms with van der Waals surface area (Å²) < 4.78 is 20.3. The summed E-state index contributed by atoms with van der Waals surface area (Å²) in [6.07, 6.45) is 0. The van der Waals surface area contributed by atoms with Crippen molar-refractivity contribution in [2.24, 2.45) is 0 Å². The van der Waals surface area contributed by atoms with Crippen molar-refractivity contribution < 1.29 is 4.57 Å². The lowest BCUT2D eigenvalue weighted by atomic mass is 10.0. The molecular formula is C54H37N2OP. The van der Waals surface area contributed by atoms with Gasteiger partial charge < -0.3 is 13.7 Å². The molecule has 4 heteroatoms. The lowest BCUT2D eigenvalue weighted by molar-refractivity contribution is 0.592. The summed E-state index contributed by atoms with van der Waals surface area (Å²) in [4.78, 5) is 0. The Morgan fingerprint density at radius 3 is 1.03 bits per heavy atom. The predicted octanol–water partition coefficient (Wildman–Crippen LogP) is 12.9. The van der Waals surface area contributed by atoms with Crippen LogP contribution in [0.3, 0.4) is 0 Å². The quantitative estimate of drug-likeness (QED) is 0.149. The molecule has 0 saturated heterocycles. The van der Waals surface area contributed by atoms with Crippen molar-refractivity contribution in [3.05, 3.63) is 224 Å². The van der Waals surface area contributed by atoms with Crippen molar-refractivity contribution in [2.75, 3.05) is 0 Å². The van der Waals surface area contributed by atoms with E-state index in [0.29, 0.717) is 0 Å². The highest BCUT2D eigenvalue weighted by molar-refractivity contribution is 7.85. The highest BCUT2D eigenvalue weighted by atomic mass is 31.2. The third kappa shape index (κ3) is 5.47. The number of hydrogen-bond acceptors (Lipinski definition) is 1. The molecule has 0 saturated carbocycles. The van der Waals surface area contributed by atoms with Crippen LogP contribution in [-0.4, -0.2) is 9.13 Å². The Morgan fingerprint density at radius 2 is 0.603 bits per heavy atom. The average Bonchev–Trinajstić information content (AvgIpc) is 3.82. The standard InChI is InChI=1S/C54H37N2OP/c57-58(44-18-8-3-9-19-44,45-30-24-38(25-31-45)40-28-34-49-47-20-10-12-22-51(47)55(53(49)36-40)42-14-4-1-5-15-42)46-32-26-39(27-33-46)41-29-35-50-48-21-11-13-23-52(48)56(54(50)37-41)43-16-6-2-7-17-43/h1-37H. The SMILES string of the molecule is O=P(c1ccccc1)(c1ccc(-c2ccc3c4ccccc4n(-c4ccccc4)c3c2)cc1)c1ccc(-c2ccc3c4ccccc4n(-c4ccccc4)c3c2)cc1. The molecule has 0 fully saturated rings. The topological polar surface area (TPSA) is 26.9 Å². The van der Waals surface area contributed by atoms with E-state index in [2.05, 4.69) is 203 Å². The maximum absolute atomic E-state index is 15.7. The average molecular weight is 761 g/mol. The molecule has 0 aliphatic rings. The second-order valence-corrected chi connectivity index (χ2v) is 17.6. The van der Waals surface area contributed by atoms with Gasteiger partial charge in [0.15, 0.2) is 7.14 Å². The summed E-state index contributed by atoms with van der Waals surface area (Å²) in [5.41, 5.74) is 11.3. The molecular weight excluding hydrogens is 724 g/mol. The molecule has 9 aromatic carbocycles. The van der Waals surface area contributed by atoms with E-state index in [1.165, 1.54) is 32.6 Å². The molecule has 3 nitrogen and oxygen atoms in total. The van der Waals surface area contributed by atoms with Gasteiger partial charge in [-0.2, -0.15) is 0 Å². The lowest BCUT2D eigenvalue weighted by Crippen LogP contribution is -2.24. The number of hydrogen-bond donors (Lipinski definition) is 0. The Balaban J connectivity index is 0.980. The van der Waals surface area contributed by atoms with Gasteiger partial charge in [0.2, 0.25) is 0 Å². The molecule has 0 amide bonds. The number of fused-ring (bicyclic) bond motifs is 6. The Hall–Kier alpha value is -7.19. The number of para-hydroxylation sites is 4. The third-order valence-electron chi connectivity index (χ3n) is 11.6. The van der Waals surface area contributed by atoms with Crippen LogP contribution < -0.4 is 15.9 Å². The zero-order valence-corrected chi connectivity index (χ0v) is 32.5. The van der Waals surface area contributed by atoms with E-state index in [4.69, 9.17) is 0 Å². The Labute approximate surface area is 337 Å². The monoisotopic (exact) mass is 760 g/mol. The van der Waals surface area contributed by atoms with Crippen LogP contribution in [0.2, 0.25) is 0 Å². The van der Waals surface area contributed by atoms with E-state index in [-0.39, 0.29) is 0 Å². The minimum atomic E-state index is -3.22. The van der Waals surface area contributed by atoms with Gasteiger partial charge in [-0.05, 0) is 70.8 Å². The van der Waals surface area contributed by atoms with Gasteiger partial charge in [-0.3, -0.25) is 0 Å². The molecule has 0 N–H and O–H groups in total. The second-order valence-electron chi connectivity index (χ2n) is 14.9. The zero-order valence-electron chi connectivity index (χ0n) is 31.6. The van der Waals surface area contributed by atoms with Gasteiger partial charge in [-0.25, -0.2) is 0 Å². The number of rotatable bonds is 7. The Morgan fingerprint density at radius 1 is 0.276 bits per heavy atom. The fourth-order valence-electron chi connectivity index (χ4n) is 8.82. The van der Waals surface area contributed by atoms with Gasteiger partial charge in [0, 0.05) is 48.8 Å². The molecule has 2 heterocycles. The summed E-state index contributed by atoms with van der Waals surface area (Å²) >= 11 is 0. The van der Waals surface area contributed by atoms with Gasteiger partial charge in [0.05, 0.1) is 22.1 Å². The molecule has 2 aromatic heterocycles. The highest BCUT2D eigenvalue weighted by Gasteiger charge is 2.30. The minimum Gasteiger partial charge on any atom is -0.309 e. The van der Waals surface area contributed by atoms with Crippen LogP contribution >= 0.6 is 7.14 Å². The summed E-state index contributed by atoms with van der Waals surface area (Å²) in [5.74, 6) is 0. The van der Waals surface area contributed by atoms with Gasteiger partial charge in [0.1, 0.15) is 0 Å². The summed E-state index contributed by atoms with van der Waals surface area (Å²) in [6, 6.07) is 78.4. The van der Waals surface area contributed by atoms with E-state index in [9.17, 15) is 0 Å². The first kappa shape index (κ1) is 34.1.